The average Bonchev–Trinajstić information content (AvgIpc) is 2.01. The van der Waals surface area contributed by atoms with E-state index in [2.05, 4.69) is 15.9 Å². The molecule has 1 N–H and O–H groups in total. The monoisotopic (exact) mass is 296 g/mol. The van der Waals surface area contributed by atoms with Crippen LogP contribution in [0.25, 0.3) is 0 Å². The van der Waals surface area contributed by atoms with Crippen molar-refractivity contribution in [3.8, 4) is 0 Å². The van der Waals surface area contributed by atoms with Gasteiger partial charge in [0.15, 0.2) is 0 Å². The molecule has 2 nitrogen and oxygen atoms in total. The molecular weight excluding hydrogens is 291 g/mol. The van der Waals surface area contributed by atoms with Gasteiger partial charge in [0.05, 0.1) is 0 Å². The number of alkyl halides is 1. The molecule has 5 heteroatoms. The highest BCUT2D eigenvalue weighted by Gasteiger charge is 2.13. The Bertz CT molecular complexity index is 334. The van der Waals surface area contributed by atoms with E-state index in [1.54, 1.807) is 18.2 Å². The largest absolute Gasteiger partial charge is 0.480 e. The Kier molecular flexibility index (Phi) is 4.23. The lowest BCUT2D eigenvalue weighted by Crippen LogP contribution is -2.15. The number of carbonyl (C=O) groups is 1. The average molecular weight is 298 g/mol. The van der Waals surface area contributed by atoms with Gasteiger partial charge in [-0.15, -0.1) is 0 Å². The molecule has 0 unspecified atom stereocenters. The van der Waals surface area contributed by atoms with Gasteiger partial charge in [-0.05, 0) is 30.2 Å². The molecule has 76 valence electrons. The summed E-state index contributed by atoms with van der Waals surface area (Å²) in [6.07, 6.45) is 0.357. The number of halogens is 3. The first-order valence-corrected chi connectivity index (χ1v) is 5.48. The highest BCUT2D eigenvalue weighted by atomic mass is 79.9. The van der Waals surface area contributed by atoms with E-state index in [1.165, 1.54) is 0 Å². The van der Waals surface area contributed by atoms with Crippen LogP contribution in [-0.2, 0) is 11.2 Å². The van der Waals surface area contributed by atoms with Gasteiger partial charge in [0.2, 0.25) is 0 Å². The molecule has 0 radical (unpaired) electrons. The summed E-state index contributed by atoms with van der Waals surface area (Å²) in [6.45, 7) is 0. The third-order valence-corrected chi connectivity index (χ3v) is 2.76. The van der Waals surface area contributed by atoms with Crippen molar-refractivity contribution in [1.29, 1.82) is 0 Å². The molecule has 0 aliphatic rings. The smallest absolute Gasteiger partial charge is 0.317 e. The maximum absolute atomic E-state index is 10.6. The van der Waals surface area contributed by atoms with Crippen molar-refractivity contribution in [2.24, 2.45) is 0 Å². The van der Waals surface area contributed by atoms with Crippen LogP contribution in [0, 0.1) is 0 Å². The molecule has 0 saturated carbocycles. The van der Waals surface area contributed by atoms with Crippen molar-refractivity contribution in [1.82, 2.24) is 0 Å². The molecule has 1 aromatic rings. The second-order valence-electron chi connectivity index (χ2n) is 2.79. The van der Waals surface area contributed by atoms with E-state index in [1.807, 2.05) is 0 Å². The Labute approximate surface area is 100.0 Å². The van der Waals surface area contributed by atoms with Crippen molar-refractivity contribution in [2.45, 2.75) is 11.2 Å². The summed E-state index contributed by atoms with van der Waals surface area (Å²) in [5.74, 6) is -0.902. The van der Waals surface area contributed by atoms with Crippen LogP contribution in [0.4, 0.5) is 0 Å². The van der Waals surface area contributed by atoms with E-state index in [9.17, 15) is 4.79 Å². The molecule has 0 heterocycles. The van der Waals surface area contributed by atoms with Crippen molar-refractivity contribution >= 4 is 45.1 Å². The van der Waals surface area contributed by atoms with Crippen LogP contribution in [-0.4, -0.2) is 15.9 Å². The summed E-state index contributed by atoms with van der Waals surface area (Å²) in [5, 5.41) is 9.69. The topological polar surface area (TPSA) is 37.3 Å². The van der Waals surface area contributed by atoms with E-state index >= 15 is 0 Å². The predicted molar refractivity (Wildman–Crippen MR) is 60.5 cm³/mol. The van der Waals surface area contributed by atoms with Gasteiger partial charge >= 0.3 is 5.97 Å². The van der Waals surface area contributed by atoms with E-state index in [0.29, 0.717) is 16.5 Å². The number of hydrogen-bond donors (Lipinski definition) is 1. The zero-order valence-electron chi connectivity index (χ0n) is 7.01. The molecule has 0 amide bonds. The number of rotatable bonds is 3. The third-order valence-electron chi connectivity index (χ3n) is 1.61. The molecule has 0 aliphatic carbocycles. The molecule has 1 aromatic carbocycles. The Hall–Kier alpha value is -0.250. The number of hydrogen-bond acceptors (Lipinski definition) is 1. The van der Waals surface area contributed by atoms with Crippen molar-refractivity contribution in [3.63, 3.8) is 0 Å². The normalized spacial score (nSPS) is 12.5. The molecule has 1 rings (SSSR count). The quantitative estimate of drug-likeness (QED) is 0.869. The van der Waals surface area contributed by atoms with Gasteiger partial charge < -0.3 is 5.11 Å². The second-order valence-corrected chi connectivity index (χ2v) is 4.77. The number of carboxylic acid groups (broad SMARTS) is 1. The van der Waals surface area contributed by atoms with Gasteiger partial charge in [-0.3, -0.25) is 4.79 Å². The molecule has 0 fully saturated rings. The Morgan fingerprint density at radius 3 is 2.29 bits per heavy atom. The predicted octanol–water partition coefficient (Wildman–Crippen LogP) is 3.38. The molecule has 0 spiro atoms. The molecule has 0 aliphatic heterocycles. The molecule has 14 heavy (non-hydrogen) atoms. The first-order chi connectivity index (χ1) is 6.49. The summed E-state index contributed by atoms with van der Waals surface area (Å²) in [4.78, 5) is 9.95. The van der Waals surface area contributed by atoms with Gasteiger partial charge in [0.25, 0.3) is 0 Å². The van der Waals surface area contributed by atoms with Crippen LogP contribution in [0.15, 0.2) is 18.2 Å². The number of carboxylic acids is 1. The van der Waals surface area contributed by atoms with Crippen LogP contribution in [0.2, 0.25) is 10.0 Å². The standard InChI is InChI=1S/C9H7BrCl2O2/c10-8(9(13)14)3-5-1-6(11)4-7(12)2-5/h1-2,4,8H,3H2,(H,13,14)/t8-/m0/s1. The fourth-order valence-electron chi connectivity index (χ4n) is 1.02. The zero-order chi connectivity index (χ0) is 10.7. The Morgan fingerprint density at radius 1 is 1.36 bits per heavy atom. The van der Waals surface area contributed by atoms with Crippen LogP contribution < -0.4 is 0 Å². The van der Waals surface area contributed by atoms with Crippen LogP contribution in [0.1, 0.15) is 5.56 Å². The minimum absolute atomic E-state index is 0.357. The van der Waals surface area contributed by atoms with Crippen LogP contribution >= 0.6 is 39.1 Å². The van der Waals surface area contributed by atoms with Crippen molar-refractivity contribution < 1.29 is 9.90 Å². The van der Waals surface area contributed by atoms with E-state index in [-0.39, 0.29) is 0 Å². The first-order valence-electron chi connectivity index (χ1n) is 3.81. The minimum Gasteiger partial charge on any atom is -0.480 e. The maximum Gasteiger partial charge on any atom is 0.317 e. The summed E-state index contributed by atoms with van der Waals surface area (Å²) >= 11 is 14.6. The lowest BCUT2D eigenvalue weighted by atomic mass is 10.1. The first kappa shape index (κ1) is 11.8. The van der Waals surface area contributed by atoms with Crippen molar-refractivity contribution in [3.05, 3.63) is 33.8 Å². The SMILES string of the molecule is O=C(O)[C@@H](Br)Cc1cc(Cl)cc(Cl)c1. The lowest BCUT2D eigenvalue weighted by molar-refractivity contribution is -0.136. The number of aliphatic carboxylic acids is 1. The molecule has 0 aromatic heterocycles. The van der Waals surface area contributed by atoms with E-state index < -0.39 is 10.8 Å². The van der Waals surface area contributed by atoms with Gasteiger partial charge in [-0.25, -0.2) is 0 Å². The van der Waals surface area contributed by atoms with Gasteiger partial charge in [-0.2, -0.15) is 0 Å². The fourth-order valence-corrected chi connectivity index (χ4v) is 1.97. The molecule has 0 saturated heterocycles. The molecule has 1 atom stereocenters. The van der Waals surface area contributed by atoms with Gasteiger partial charge in [-0.1, -0.05) is 39.1 Å². The zero-order valence-corrected chi connectivity index (χ0v) is 10.1. The molecule has 0 bridgehead atoms. The molecular formula is C9H7BrCl2O2. The highest BCUT2D eigenvalue weighted by Crippen LogP contribution is 2.21. The van der Waals surface area contributed by atoms with Crippen LogP contribution in [0.5, 0.6) is 0 Å². The van der Waals surface area contributed by atoms with Gasteiger partial charge in [0.1, 0.15) is 4.83 Å². The van der Waals surface area contributed by atoms with E-state index in [0.717, 1.165) is 5.56 Å². The fraction of sp³-hybridized carbons (Fsp3) is 0.222. The summed E-state index contributed by atoms with van der Waals surface area (Å²) in [6, 6.07) is 5.01. The highest BCUT2D eigenvalue weighted by molar-refractivity contribution is 9.10. The summed E-state index contributed by atoms with van der Waals surface area (Å²) in [7, 11) is 0. The van der Waals surface area contributed by atoms with Gasteiger partial charge in [0, 0.05) is 10.0 Å². The summed E-state index contributed by atoms with van der Waals surface area (Å²) < 4.78 is 0. The van der Waals surface area contributed by atoms with E-state index in [4.69, 9.17) is 28.3 Å². The summed E-state index contributed by atoms with van der Waals surface area (Å²) in [5.41, 5.74) is 0.798. The maximum atomic E-state index is 10.6. The van der Waals surface area contributed by atoms with Crippen LogP contribution in [0.3, 0.4) is 0 Å². The number of benzene rings is 1. The minimum atomic E-state index is -0.902. The second kappa shape index (κ2) is 5.01. The third kappa shape index (κ3) is 3.48. The Morgan fingerprint density at radius 2 is 1.86 bits per heavy atom. The lowest BCUT2D eigenvalue weighted by Gasteiger charge is -2.05. The Balaban J connectivity index is 2.81. The van der Waals surface area contributed by atoms with Crippen molar-refractivity contribution in [2.75, 3.05) is 0 Å².